The molecule has 0 radical (unpaired) electrons. The first-order chi connectivity index (χ1) is 17.0. The summed E-state index contributed by atoms with van der Waals surface area (Å²) in [4.78, 5) is 27.0. The molecule has 2 aliphatic heterocycles. The van der Waals surface area contributed by atoms with Crippen molar-refractivity contribution >= 4 is 29.3 Å². The highest BCUT2D eigenvalue weighted by molar-refractivity contribution is 7.98. The van der Waals surface area contributed by atoms with Gasteiger partial charge in [-0.2, -0.15) is 13.2 Å². The number of pyridine rings is 1. The molecule has 3 heterocycles. The molecule has 1 unspecified atom stereocenters. The average molecular weight is 539 g/mol. The van der Waals surface area contributed by atoms with E-state index in [0.29, 0.717) is 21.8 Å². The van der Waals surface area contributed by atoms with Crippen LogP contribution in [-0.4, -0.2) is 39.2 Å². The van der Waals surface area contributed by atoms with Gasteiger partial charge in [-0.25, -0.2) is 4.39 Å². The number of hydrogen-bond donors (Lipinski definition) is 1. The van der Waals surface area contributed by atoms with E-state index in [1.54, 1.807) is 24.3 Å². The summed E-state index contributed by atoms with van der Waals surface area (Å²) in [6, 6.07) is 8.55. The largest absolute Gasteiger partial charge is 0.503 e. The van der Waals surface area contributed by atoms with Gasteiger partial charge in [0.2, 0.25) is 5.43 Å². The van der Waals surface area contributed by atoms with E-state index in [9.17, 15) is 27.9 Å². The molecule has 0 saturated carbocycles. The highest BCUT2D eigenvalue weighted by Gasteiger charge is 2.49. The highest BCUT2D eigenvalue weighted by Crippen LogP contribution is 2.49. The van der Waals surface area contributed by atoms with Gasteiger partial charge in [0.25, 0.3) is 5.91 Å². The molecule has 36 heavy (non-hydrogen) atoms. The number of alkyl halides is 3. The Morgan fingerprint density at radius 1 is 1.14 bits per heavy atom. The Labute approximate surface area is 212 Å². The number of thioether (sulfide) groups is 1. The standard InChI is InChI=1S/C25H19ClF4N2O3S/c1-12(25(28,29)30)31-10-17(32-9-15(26)22(33)23(34)21(32)24(31)35)20-14-6-2-3-8-18(14)36-11-13-5-4-7-16(27)19(13)20/h2-9,12,17,20,34H,10-11H2,1H3/t12-,17?,20+/m1/s1. The van der Waals surface area contributed by atoms with Crippen molar-refractivity contribution in [3.8, 4) is 5.75 Å². The predicted molar refractivity (Wildman–Crippen MR) is 127 cm³/mol. The number of hydrogen-bond acceptors (Lipinski definition) is 4. The minimum atomic E-state index is -4.77. The maximum Gasteiger partial charge on any atom is 0.408 e. The first kappa shape index (κ1) is 24.7. The Kier molecular flexibility index (Phi) is 6.07. The molecule has 5 rings (SSSR count). The number of carbonyl (C=O) groups excluding carboxylic acids is 1. The van der Waals surface area contributed by atoms with Crippen LogP contribution >= 0.6 is 23.4 Å². The van der Waals surface area contributed by atoms with Gasteiger partial charge in [0.15, 0.2) is 11.4 Å². The summed E-state index contributed by atoms with van der Waals surface area (Å²) in [5, 5.41) is 10.2. The topological polar surface area (TPSA) is 62.5 Å². The van der Waals surface area contributed by atoms with Gasteiger partial charge in [0.1, 0.15) is 16.9 Å². The fraction of sp³-hybridized carbons (Fsp3) is 0.280. The first-order valence-corrected chi connectivity index (χ1v) is 12.4. The van der Waals surface area contributed by atoms with Crippen molar-refractivity contribution in [1.82, 2.24) is 9.47 Å². The van der Waals surface area contributed by atoms with Crippen molar-refractivity contribution in [2.24, 2.45) is 0 Å². The number of benzene rings is 2. The monoisotopic (exact) mass is 538 g/mol. The maximum absolute atomic E-state index is 15.5. The molecule has 5 nitrogen and oxygen atoms in total. The van der Waals surface area contributed by atoms with E-state index in [-0.39, 0.29) is 5.56 Å². The molecule has 3 aromatic rings. The molecule has 3 atom stereocenters. The molecule has 188 valence electrons. The summed E-state index contributed by atoms with van der Waals surface area (Å²) in [5.41, 5.74) is -0.0740. The number of carbonyl (C=O) groups is 1. The van der Waals surface area contributed by atoms with E-state index in [1.807, 2.05) is 12.1 Å². The van der Waals surface area contributed by atoms with Gasteiger partial charge in [-0.3, -0.25) is 9.59 Å². The van der Waals surface area contributed by atoms with E-state index in [1.165, 1.54) is 22.4 Å². The van der Waals surface area contributed by atoms with E-state index >= 15 is 4.39 Å². The van der Waals surface area contributed by atoms with Crippen molar-refractivity contribution < 1.29 is 27.5 Å². The van der Waals surface area contributed by atoms with Crippen molar-refractivity contribution in [3.05, 3.63) is 92.1 Å². The second-order valence-electron chi connectivity index (χ2n) is 8.77. The summed E-state index contributed by atoms with van der Waals surface area (Å²) in [5.74, 6) is -3.16. The molecule has 2 aromatic carbocycles. The van der Waals surface area contributed by atoms with Crippen LogP contribution in [0.15, 0.2) is 58.4 Å². The van der Waals surface area contributed by atoms with Crippen LogP contribution in [0.1, 0.15) is 46.1 Å². The Bertz CT molecular complexity index is 1440. The summed E-state index contributed by atoms with van der Waals surface area (Å²) in [6.07, 6.45) is -3.64. The number of amides is 1. The molecule has 1 amide bonds. The van der Waals surface area contributed by atoms with Gasteiger partial charge in [0, 0.05) is 34.9 Å². The maximum atomic E-state index is 15.5. The second kappa shape index (κ2) is 8.85. The number of nitrogens with zero attached hydrogens (tertiary/aromatic N) is 2. The minimum Gasteiger partial charge on any atom is -0.503 e. The SMILES string of the molecule is C[C@@H](N1CC([C@@H]2c3ccccc3SCc3cccc(F)c32)n2cc(Cl)c(=O)c(O)c2C1=O)C(F)(F)F. The van der Waals surface area contributed by atoms with Gasteiger partial charge >= 0.3 is 6.18 Å². The highest BCUT2D eigenvalue weighted by atomic mass is 35.5. The Morgan fingerprint density at radius 2 is 1.86 bits per heavy atom. The molecule has 1 N–H and O–H groups in total. The van der Waals surface area contributed by atoms with Crippen LogP contribution in [0.25, 0.3) is 0 Å². The number of aromatic hydroxyl groups is 1. The molecule has 1 aromatic heterocycles. The number of halogens is 5. The Morgan fingerprint density at radius 3 is 2.58 bits per heavy atom. The first-order valence-electron chi connectivity index (χ1n) is 11.0. The van der Waals surface area contributed by atoms with Crippen LogP contribution in [-0.2, 0) is 5.75 Å². The number of fused-ring (bicyclic) bond motifs is 3. The summed E-state index contributed by atoms with van der Waals surface area (Å²) in [7, 11) is 0. The zero-order valence-corrected chi connectivity index (χ0v) is 20.3. The van der Waals surface area contributed by atoms with Gasteiger partial charge < -0.3 is 14.6 Å². The van der Waals surface area contributed by atoms with Gasteiger partial charge in [-0.15, -0.1) is 11.8 Å². The fourth-order valence-electron chi connectivity index (χ4n) is 4.98. The summed E-state index contributed by atoms with van der Waals surface area (Å²) < 4.78 is 58.1. The molecule has 0 fully saturated rings. The number of aromatic nitrogens is 1. The van der Waals surface area contributed by atoms with E-state index in [0.717, 1.165) is 18.0 Å². The lowest BCUT2D eigenvalue weighted by Crippen LogP contribution is -2.54. The van der Waals surface area contributed by atoms with Crippen LogP contribution in [0.3, 0.4) is 0 Å². The molecule has 0 bridgehead atoms. The average Bonchev–Trinajstić information content (AvgIpc) is 3.00. The zero-order chi connectivity index (χ0) is 25.9. The van der Waals surface area contributed by atoms with Gasteiger partial charge in [0.05, 0.1) is 6.04 Å². The van der Waals surface area contributed by atoms with Crippen molar-refractivity contribution in [1.29, 1.82) is 0 Å². The molecule has 2 aliphatic rings. The second-order valence-corrected chi connectivity index (χ2v) is 10.2. The van der Waals surface area contributed by atoms with Crippen molar-refractivity contribution in [2.45, 2.75) is 41.7 Å². The summed E-state index contributed by atoms with van der Waals surface area (Å²) >= 11 is 7.53. The Balaban J connectivity index is 1.82. The van der Waals surface area contributed by atoms with Crippen molar-refractivity contribution in [3.63, 3.8) is 0 Å². The number of rotatable bonds is 2. The predicted octanol–water partition coefficient (Wildman–Crippen LogP) is 5.73. The Hall–Kier alpha value is -2.98. The lowest BCUT2D eigenvalue weighted by Gasteiger charge is -2.43. The quantitative estimate of drug-likeness (QED) is 0.423. The third-order valence-electron chi connectivity index (χ3n) is 6.79. The van der Waals surface area contributed by atoms with Crippen LogP contribution in [0.2, 0.25) is 5.02 Å². The fourth-order valence-corrected chi connectivity index (χ4v) is 6.28. The summed E-state index contributed by atoms with van der Waals surface area (Å²) in [6.45, 7) is 0.379. The molecular weight excluding hydrogens is 520 g/mol. The van der Waals surface area contributed by atoms with E-state index < -0.39 is 64.3 Å². The van der Waals surface area contributed by atoms with Crippen LogP contribution in [0.5, 0.6) is 5.75 Å². The zero-order valence-electron chi connectivity index (χ0n) is 18.7. The molecule has 11 heteroatoms. The van der Waals surface area contributed by atoms with E-state index in [2.05, 4.69) is 0 Å². The van der Waals surface area contributed by atoms with E-state index in [4.69, 9.17) is 11.6 Å². The molecule has 0 aliphatic carbocycles. The van der Waals surface area contributed by atoms with Crippen molar-refractivity contribution in [2.75, 3.05) is 6.54 Å². The van der Waals surface area contributed by atoms with Crippen LogP contribution < -0.4 is 5.43 Å². The van der Waals surface area contributed by atoms with Gasteiger partial charge in [-0.05, 0) is 30.2 Å². The minimum absolute atomic E-state index is 0.286. The van der Waals surface area contributed by atoms with Crippen LogP contribution in [0.4, 0.5) is 17.6 Å². The third kappa shape index (κ3) is 3.87. The molecular formula is C25H19ClF4N2O3S. The molecule has 0 saturated heterocycles. The third-order valence-corrected chi connectivity index (χ3v) is 8.20. The van der Waals surface area contributed by atoms with Gasteiger partial charge in [-0.1, -0.05) is 41.9 Å². The molecule has 0 spiro atoms. The smallest absolute Gasteiger partial charge is 0.408 e. The normalized spacial score (nSPS) is 20.3. The van der Waals surface area contributed by atoms with Crippen LogP contribution in [0, 0.1) is 5.82 Å². The lowest BCUT2D eigenvalue weighted by atomic mass is 9.81. The lowest BCUT2D eigenvalue weighted by molar-refractivity contribution is -0.174.